The lowest BCUT2D eigenvalue weighted by Gasteiger charge is -2.24. The molecule has 3 rings (SSSR count). The highest BCUT2D eigenvalue weighted by Gasteiger charge is 2.33. The van der Waals surface area contributed by atoms with Crippen LogP contribution >= 0.6 is 24.0 Å². The van der Waals surface area contributed by atoms with E-state index < -0.39 is 30.4 Å². The summed E-state index contributed by atoms with van der Waals surface area (Å²) in [6, 6.07) is 14.9. The summed E-state index contributed by atoms with van der Waals surface area (Å²) in [5, 5.41) is 9.19. The summed E-state index contributed by atoms with van der Waals surface area (Å²) in [4.78, 5) is 25.5. The number of nitrogens with zero attached hydrogens (tertiary/aromatic N) is 1. The van der Waals surface area contributed by atoms with E-state index in [9.17, 15) is 19.1 Å². The third-order valence-corrected chi connectivity index (χ3v) is 7.90. The first-order valence-electron chi connectivity index (χ1n) is 15.6. The zero-order valence-corrected chi connectivity index (χ0v) is 29.4. The number of halogens is 1. The molecule has 0 saturated carbocycles. The lowest BCUT2D eigenvalue weighted by Crippen LogP contribution is -2.33. The monoisotopic (exact) mass is 687 g/mol. The molecule has 2 aromatic carbocycles. The van der Waals surface area contributed by atoms with Gasteiger partial charge in [-0.1, -0.05) is 118 Å². The molecule has 2 aromatic rings. The largest absolute Gasteiger partial charge is 0.489 e. The zero-order valence-electron chi connectivity index (χ0n) is 27.8. The summed E-state index contributed by atoms with van der Waals surface area (Å²) < 4.78 is 26.4. The first-order valence-corrected chi connectivity index (χ1v) is 16.8. The van der Waals surface area contributed by atoms with Crippen LogP contribution in [0, 0.1) is 12.3 Å². The van der Waals surface area contributed by atoms with Crippen LogP contribution in [0.1, 0.15) is 64.2 Å². The van der Waals surface area contributed by atoms with Gasteiger partial charge in [0.1, 0.15) is 22.8 Å². The Morgan fingerprint density at radius 2 is 1.92 bits per heavy atom. The van der Waals surface area contributed by atoms with Gasteiger partial charge in [0, 0.05) is 12.8 Å². The third-order valence-electron chi connectivity index (χ3n) is 6.52. The number of ether oxygens (including phenoxy) is 2. The van der Waals surface area contributed by atoms with Crippen molar-refractivity contribution in [2.75, 3.05) is 13.2 Å². The second-order valence-corrected chi connectivity index (χ2v) is 11.7. The molecule has 1 N–H and O–H groups in total. The van der Waals surface area contributed by atoms with Crippen LogP contribution in [0.25, 0.3) is 6.08 Å². The van der Waals surface area contributed by atoms with E-state index in [4.69, 9.17) is 28.1 Å². The number of carbonyl (C=O) groups is 2. The maximum absolute atomic E-state index is 13.3. The average molecular weight is 688 g/mol. The second-order valence-electron chi connectivity index (χ2n) is 9.99. The number of thioether (sulfide) groups is 1. The number of allylic oxidation sites excluding steroid dienone is 7. The summed E-state index contributed by atoms with van der Waals surface area (Å²) in [7, 11) is 0. The molecule has 1 saturated heterocycles. The first-order chi connectivity index (χ1) is 23.2. The summed E-state index contributed by atoms with van der Waals surface area (Å²) in [6.45, 7) is 11.0. The fourth-order valence-corrected chi connectivity index (χ4v) is 5.69. The van der Waals surface area contributed by atoms with Gasteiger partial charge in [0.15, 0.2) is 11.5 Å². The van der Waals surface area contributed by atoms with Gasteiger partial charge in [-0.2, -0.15) is 0 Å². The molecule has 1 aliphatic rings. The van der Waals surface area contributed by atoms with Gasteiger partial charge in [0.05, 0.1) is 11.5 Å². The van der Waals surface area contributed by atoms with Gasteiger partial charge in [0.25, 0.3) is 5.91 Å². The quantitative estimate of drug-likeness (QED) is 0.0815. The Morgan fingerprint density at radius 1 is 1.19 bits per heavy atom. The van der Waals surface area contributed by atoms with E-state index >= 15 is 0 Å². The fourth-order valence-electron chi connectivity index (χ4n) is 4.43. The van der Waals surface area contributed by atoms with E-state index in [2.05, 4.69) is 12.5 Å². The molecule has 1 aliphatic heterocycles. The summed E-state index contributed by atoms with van der Waals surface area (Å²) in [5.74, 6) is 1.42. The maximum atomic E-state index is 13.3. The number of hydrogen-bond acceptors (Lipinski definition) is 6. The lowest BCUT2D eigenvalue weighted by atomic mass is 9.98. The molecule has 0 aromatic heterocycles. The Hall–Kier alpha value is -4.65. The maximum Gasteiger partial charge on any atom is 0.323 e. The minimum absolute atomic E-state index is 0.175. The van der Waals surface area contributed by atoms with Crippen molar-refractivity contribution >= 4 is 46.3 Å². The molecule has 252 valence electrons. The predicted octanol–water partition coefficient (Wildman–Crippen LogP) is 9.79. The number of amides is 1. The molecule has 6 nitrogen and oxygen atoms in total. The van der Waals surface area contributed by atoms with Crippen molar-refractivity contribution in [3.05, 3.63) is 125 Å². The Labute approximate surface area is 293 Å². The van der Waals surface area contributed by atoms with Crippen LogP contribution in [-0.4, -0.2) is 39.4 Å². The molecule has 1 fully saturated rings. The number of carboxylic acids is 1. The number of carboxylic acid groups (broad SMARTS) is 1. The van der Waals surface area contributed by atoms with Crippen LogP contribution in [0.2, 0.25) is 0 Å². The molecular formula is C39H42FNO5S2. The van der Waals surface area contributed by atoms with E-state index in [-0.39, 0.29) is 10.9 Å². The van der Waals surface area contributed by atoms with Crippen LogP contribution in [-0.2, 0) is 9.59 Å². The highest BCUT2D eigenvalue weighted by molar-refractivity contribution is 8.26. The van der Waals surface area contributed by atoms with E-state index in [1.54, 1.807) is 30.4 Å². The highest BCUT2D eigenvalue weighted by Crippen LogP contribution is 2.38. The van der Waals surface area contributed by atoms with E-state index in [1.807, 2.05) is 82.3 Å². The van der Waals surface area contributed by atoms with Crippen LogP contribution in [0.4, 0.5) is 4.39 Å². The van der Waals surface area contributed by atoms with Crippen molar-refractivity contribution in [1.82, 2.24) is 4.90 Å². The third kappa shape index (κ3) is 12.5. The molecule has 0 aliphatic carbocycles. The van der Waals surface area contributed by atoms with Crippen molar-refractivity contribution in [2.45, 2.75) is 53.1 Å². The van der Waals surface area contributed by atoms with Crippen LogP contribution < -0.4 is 9.47 Å². The summed E-state index contributed by atoms with van der Waals surface area (Å²) >= 11 is 6.29. The minimum atomic E-state index is -1.16. The van der Waals surface area contributed by atoms with Crippen molar-refractivity contribution in [1.29, 1.82) is 0 Å². The van der Waals surface area contributed by atoms with Gasteiger partial charge >= 0.3 is 5.97 Å². The van der Waals surface area contributed by atoms with Gasteiger partial charge in [-0.15, -0.1) is 12.3 Å². The smallest absolute Gasteiger partial charge is 0.323 e. The topological polar surface area (TPSA) is 76.1 Å². The molecule has 9 heteroatoms. The molecular weight excluding hydrogens is 646 g/mol. The Bertz CT molecular complexity index is 1630. The average Bonchev–Trinajstić information content (AvgIpc) is 3.33. The van der Waals surface area contributed by atoms with Crippen LogP contribution in [0.15, 0.2) is 113 Å². The number of benzene rings is 2. The van der Waals surface area contributed by atoms with Gasteiger partial charge in [-0.25, -0.2) is 4.39 Å². The zero-order chi connectivity index (χ0) is 35.5. The molecule has 1 heterocycles. The predicted molar refractivity (Wildman–Crippen MR) is 199 cm³/mol. The Balaban J connectivity index is 0.00000392. The van der Waals surface area contributed by atoms with Crippen LogP contribution in [0.3, 0.4) is 0 Å². The number of aliphatic carboxylic acids is 1. The van der Waals surface area contributed by atoms with Gasteiger partial charge in [0.2, 0.25) is 0 Å². The van der Waals surface area contributed by atoms with E-state index in [1.165, 1.54) is 6.08 Å². The normalized spacial score (nSPS) is 15.0. The molecule has 0 radical (unpaired) electrons. The fraction of sp³-hybridized carbons (Fsp3) is 0.256. The SMILES string of the molecule is C#CC/C(=C\C=C/C)C(Oc1cc(/C=C2\SC(=S)N(CC(=O)O)C2=O)ccc1OCCC(/C=C\C(=C)F)=C/CC)c1ccccc1.CC. The molecule has 0 spiro atoms. The molecule has 48 heavy (non-hydrogen) atoms. The first kappa shape index (κ1) is 39.5. The van der Waals surface area contributed by atoms with Crippen LogP contribution in [0.5, 0.6) is 11.5 Å². The molecule has 1 unspecified atom stereocenters. The second kappa shape index (κ2) is 21.3. The van der Waals surface area contributed by atoms with Gasteiger partial charge in [-0.3, -0.25) is 14.5 Å². The molecule has 0 bridgehead atoms. The molecule has 1 amide bonds. The van der Waals surface area contributed by atoms with Crippen molar-refractivity contribution in [2.24, 2.45) is 0 Å². The van der Waals surface area contributed by atoms with E-state index in [0.29, 0.717) is 34.8 Å². The molecule has 1 atom stereocenters. The minimum Gasteiger partial charge on any atom is -0.489 e. The van der Waals surface area contributed by atoms with Gasteiger partial charge < -0.3 is 14.6 Å². The standard InChI is InChI=1S/C37H36FNO5S2.C2H6/c1-5-8-14-29(13-7-3)35(30-15-10-9-11-16-30)44-32-23-28(24-33-36(42)39(25-34(40)41)37(45)46-33)19-20-31(32)43-22-21-27(12-6-2)18-17-26(4)38;1-2/h3,5,8-12,14-20,23-24,35H,4,6,13,21-22,25H2,1-2H3,(H,40,41);1-2H3/b8-5-,18-17-,27-12+,29-14+,33-24-;. The number of terminal acetylenes is 1. The van der Waals surface area contributed by atoms with Gasteiger partial charge in [-0.05, 0) is 59.9 Å². The van der Waals surface area contributed by atoms with Crippen molar-refractivity contribution in [3.63, 3.8) is 0 Å². The number of carbonyl (C=O) groups excluding carboxylic acids is 1. The number of hydrogen-bond donors (Lipinski definition) is 1. The Kier molecular flexibility index (Phi) is 17.5. The number of thiocarbonyl (C=S) groups is 1. The van der Waals surface area contributed by atoms with E-state index in [0.717, 1.165) is 39.8 Å². The summed E-state index contributed by atoms with van der Waals surface area (Å²) in [5.41, 5.74) is 3.25. The summed E-state index contributed by atoms with van der Waals surface area (Å²) in [6.07, 6.45) is 19.2. The Morgan fingerprint density at radius 3 is 2.54 bits per heavy atom. The number of rotatable bonds is 16. The highest BCUT2D eigenvalue weighted by atomic mass is 32.2. The van der Waals surface area contributed by atoms with Crippen molar-refractivity contribution in [3.8, 4) is 23.8 Å². The van der Waals surface area contributed by atoms with Crippen molar-refractivity contribution < 1.29 is 28.6 Å². The lowest BCUT2D eigenvalue weighted by molar-refractivity contribution is -0.140.